The third kappa shape index (κ3) is 1.99. The maximum Gasteiger partial charge on any atom is 0.00511 e. The number of benzene rings is 1. The van der Waals surface area contributed by atoms with Crippen molar-refractivity contribution in [2.45, 2.75) is 58.9 Å². The third-order valence-electron chi connectivity index (χ3n) is 4.62. The summed E-state index contributed by atoms with van der Waals surface area (Å²) in [7, 11) is 0. The molecule has 0 aromatic heterocycles. The first-order chi connectivity index (χ1) is 8.54. The Morgan fingerprint density at radius 2 is 1.56 bits per heavy atom. The van der Waals surface area contributed by atoms with Crippen molar-refractivity contribution in [2.75, 3.05) is 0 Å². The van der Waals surface area contributed by atoms with Crippen LogP contribution in [0.4, 0.5) is 0 Å². The van der Waals surface area contributed by atoms with Crippen LogP contribution in [-0.4, -0.2) is 6.04 Å². The third-order valence-corrected chi connectivity index (χ3v) is 4.62. The minimum atomic E-state index is 0.285. The zero-order valence-electron chi connectivity index (χ0n) is 11.9. The first kappa shape index (κ1) is 12.2. The highest BCUT2D eigenvalue weighted by atomic mass is 14.6. The number of hydrogen-bond acceptors (Lipinski definition) is 1. The fourth-order valence-corrected chi connectivity index (χ4v) is 3.99. The van der Waals surface area contributed by atoms with Crippen molar-refractivity contribution in [3.63, 3.8) is 0 Å². The summed E-state index contributed by atoms with van der Waals surface area (Å²) in [6.45, 7) is 6.90. The average molecular weight is 243 g/mol. The molecule has 1 aromatic rings. The van der Waals surface area contributed by atoms with Crippen LogP contribution >= 0.6 is 0 Å². The first-order valence-electron chi connectivity index (χ1n) is 7.45. The second-order valence-electron chi connectivity index (χ2n) is 6.84. The molecular formula is C17H25N. The summed E-state index contributed by atoms with van der Waals surface area (Å²) in [5, 5.41) is 0. The lowest BCUT2D eigenvalue weighted by molar-refractivity contribution is 0.614. The second kappa shape index (κ2) is 4.38. The minimum absolute atomic E-state index is 0.285. The summed E-state index contributed by atoms with van der Waals surface area (Å²) in [4.78, 5) is 0. The Morgan fingerprint density at radius 3 is 2.00 bits per heavy atom. The van der Waals surface area contributed by atoms with Gasteiger partial charge in [0, 0.05) is 6.04 Å². The molecule has 1 nitrogen and oxygen atoms in total. The van der Waals surface area contributed by atoms with Crippen LogP contribution < -0.4 is 5.73 Å². The monoisotopic (exact) mass is 243 g/mol. The van der Waals surface area contributed by atoms with Crippen molar-refractivity contribution < 1.29 is 0 Å². The van der Waals surface area contributed by atoms with Gasteiger partial charge in [-0.15, -0.1) is 0 Å². The zero-order valence-corrected chi connectivity index (χ0v) is 11.9. The van der Waals surface area contributed by atoms with Gasteiger partial charge in [-0.1, -0.05) is 19.9 Å². The molecular weight excluding hydrogens is 218 g/mol. The molecule has 0 saturated carbocycles. The fraction of sp³-hybridized carbons (Fsp3) is 0.647. The molecule has 0 aliphatic heterocycles. The lowest BCUT2D eigenvalue weighted by atomic mass is 9.90. The molecule has 0 heterocycles. The van der Waals surface area contributed by atoms with E-state index in [0.29, 0.717) is 0 Å². The van der Waals surface area contributed by atoms with Crippen LogP contribution in [0.1, 0.15) is 48.6 Å². The SMILES string of the molecule is CC(N)Cc1c2c(cc3c1CC(C)C3)CC(C)C2. The van der Waals surface area contributed by atoms with Gasteiger partial charge in [0.25, 0.3) is 0 Å². The quantitative estimate of drug-likeness (QED) is 0.849. The van der Waals surface area contributed by atoms with Gasteiger partial charge in [0.1, 0.15) is 0 Å². The van der Waals surface area contributed by atoms with E-state index in [-0.39, 0.29) is 6.04 Å². The summed E-state index contributed by atoms with van der Waals surface area (Å²) < 4.78 is 0. The Hall–Kier alpha value is -0.820. The Kier molecular flexibility index (Phi) is 2.97. The molecule has 2 aliphatic rings. The molecule has 3 rings (SSSR count). The minimum Gasteiger partial charge on any atom is -0.328 e. The van der Waals surface area contributed by atoms with Crippen molar-refractivity contribution in [1.29, 1.82) is 0 Å². The highest BCUT2D eigenvalue weighted by molar-refractivity contribution is 5.51. The Balaban J connectivity index is 2.09. The van der Waals surface area contributed by atoms with Gasteiger partial charge in [-0.25, -0.2) is 0 Å². The lowest BCUT2D eigenvalue weighted by Crippen LogP contribution is -2.20. The maximum atomic E-state index is 6.08. The Labute approximate surface area is 111 Å². The van der Waals surface area contributed by atoms with Crippen molar-refractivity contribution in [3.8, 4) is 0 Å². The van der Waals surface area contributed by atoms with Crippen molar-refractivity contribution >= 4 is 0 Å². The van der Waals surface area contributed by atoms with Gasteiger partial charge in [0.15, 0.2) is 0 Å². The number of hydrogen-bond donors (Lipinski definition) is 1. The highest BCUT2D eigenvalue weighted by Gasteiger charge is 2.28. The normalized spacial score (nSPS) is 27.1. The van der Waals surface area contributed by atoms with Gasteiger partial charge in [-0.3, -0.25) is 0 Å². The molecule has 1 aromatic carbocycles. The van der Waals surface area contributed by atoms with E-state index in [0.717, 1.165) is 18.3 Å². The molecule has 18 heavy (non-hydrogen) atoms. The van der Waals surface area contributed by atoms with Crippen molar-refractivity contribution in [3.05, 3.63) is 33.9 Å². The number of fused-ring (bicyclic) bond motifs is 2. The van der Waals surface area contributed by atoms with Crippen LogP contribution in [0.2, 0.25) is 0 Å². The Bertz CT molecular complexity index is 437. The van der Waals surface area contributed by atoms with Crippen LogP contribution in [0, 0.1) is 11.8 Å². The van der Waals surface area contributed by atoms with Crippen molar-refractivity contribution in [2.24, 2.45) is 17.6 Å². The van der Waals surface area contributed by atoms with Crippen molar-refractivity contribution in [1.82, 2.24) is 0 Å². The number of rotatable bonds is 2. The number of nitrogens with two attached hydrogens (primary N) is 1. The average Bonchev–Trinajstić information content (AvgIpc) is 2.79. The van der Waals surface area contributed by atoms with Gasteiger partial charge in [0.05, 0.1) is 0 Å². The van der Waals surface area contributed by atoms with Gasteiger partial charge in [0.2, 0.25) is 0 Å². The summed E-state index contributed by atoms with van der Waals surface area (Å²) in [5.74, 6) is 1.65. The molecule has 1 heteroatoms. The largest absolute Gasteiger partial charge is 0.328 e. The second-order valence-corrected chi connectivity index (χ2v) is 6.84. The highest BCUT2D eigenvalue weighted by Crippen LogP contribution is 2.38. The van der Waals surface area contributed by atoms with Gasteiger partial charge in [-0.05, 0) is 78.7 Å². The molecule has 2 aliphatic carbocycles. The van der Waals surface area contributed by atoms with Crippen LogP contribution in [0.3, 0.4) is 0 Å². The molecule has 0 amide bonds. The fourth-order valence-electron chi connectivity index (χ4n) is 3.99. The summed E-state index contributed by atoms with van der Waals surface area (Å²) in [5.41, 5.74) is 14.3. The summed E-state index contributed by atoms with van der Waals surface area (Å²) >= 11 is 0. The van der Waals surface area contributed by atoms with Crippen LogP contribution in [-0.2, 0) is 32.1 Å². The Morgan fingerprint density at radius 1 is 1.06 bits per heavy atom. The van der Waals surface area contributed by atoms with Crippen LogP contribution in [0.5, 0.6) is 0 Å². The van der Waals surface area contributed by atoms with E-state index in [1.807, 2.05) is 0 Å². The zero-order chi connectivity index (χ0) is 12.9. The molecule has 0 bridgehead atoms. The summed E-state index contributed by atoms with van der Waals surface area (Å²) in [6.07, 6.45) is 6.19. The molecule has 98 valence electrons. The van der Waals surface area contributed by atoms with Gasteiger partial charge in [-0.2, -0.15) is 0 Å². The molecule has 3 atom stereocenters. The smallest absolute Gasteiger partial charge is 0.00511 e. The maximum absolute atomic E-state index is 6.08. The first-order valence-corrected chi connectivity index (χ1v) is 7.45. The summed E-state index contributed by atoms with van der Waals surface area (Å²) in [6, 6.07) is 2.80. The molecule has 3 unspecified atom stereocenters. The standard InChI is InChI=1S/C17H25N/c1-10-4-13-9-14-5-11(2)7-16(14)17(8-12(3)18)15(13)6-10/h9-12H,4-8,18H2,1-3H3. The van der Waals surface area contributed by atoms with E-state index >= 15 is 0 Å². The van der Waals surface area contributed by atoms with Gasteiger partial charge >= 0.3 is 0 Å². The topological polar surface area (TPSA) is 26.0 Å². The molecule has 2 N–H and O–H groups in total. The van der Waals surface area contributed by atoms with E-state index in [1.165, 1.54) is 25.7 Å². The van der Waals surface area contributed by atoms with E-state index in [4.69, 9.17) is 5.73 Å². The predicted molar refractivity (Wildman–Crippen MR) is 76.9 cm³/mol. The molecule has 0 fully saturated rings. The predicted octanol–water partition coefficient (Wildman–Crippen LogP) is 3.05. The van der Waals surface area contributed by atoms with Crippen LogP contribution in [0.25, 0.3) is 0 Å². The molecule has 0 spiro atoms. The lowest BCUT2D eigenvalue weighted by Gasteiger charge is -2.16. The molecule has 0 radical (unpaired) electrons. The van der Waals surface area contributed by atoms with E-state index in [1.54, 1.807) is 27.8 Å². The van der Waals surface area contributed by atoms with E-state index in [9.17, 15) is 0 Å². The molecule has 0 saturated heterocycles. The van der Waals surface area contributed by atoms with E-state index < -0.39 is 0 Å². The van der Waals surface area contributed by atoms with E-state index in [2.05, 4.69) is 26.8 Å². The van der Waals surface area contributed by atoms with Crippen LogP contribution in [0.15, 0.2) is 6.07 Å². The van der Waals surface area contributed by atoms with Gasteiger partial charge < -0.3 is 5.73 Å².